The van der Waals surface area contributed by atoms with Crippen molar-refractivity contribution in [1.29, 1.82) is 0 Å². The summed E-state index contributed by atoms with van der Waals surface area (Å²) in [5, 5.41) is 2.56. The molecule has 11 heteroatoms. The number of imidazole rings is 1. The molecule has 2 heterocycles. The minimum absolute atomic E-state index is 0.154. The van der Waals surface area contributed by atoms with Crippen LogP contribution in [0.3, 0.4) is 0 Å². The number of thioether (sulfide) groups is 1. The van der Waals surface area contributed by atoms with Gasteiger partial charge in [-0.2, -0.15) is 0 Å². The van der Waals surface area contributed by atoms with Gasteiger partial charge in [0, 0.05) is 18.3 Å². The van der Waals surface area contributed by atoms with Gasteiger partial charge in [-0.05, 0) is 23.8 Å². The summed E-state index contributed by atoms with van der Waals surface area (Å²) < 4.78 is 18.0. The number of hydrogen-bond donors (Lipinski definition) is 2. The zero-order valence-electron chi connectivity index (χ0n) is 15.8. The molecule has 1 aliphatic rings. The van der Waals surface area contributed by atoms with Crippen LogP contribution in [0.2, 0.25) is 0 Å². The average Bonchev–Trinajstić information content (AvgIpc) is 3.32. The predicted octanol–water partition coefficient (Wildman–Crippen LogP) is 1.65. The second-order valence-corrected chi connectivity index (χ2v) is 7.92. The summed E-state index contributed by atoms with van der Waals surface area (Å²) >= 11 is 6.26. The van der Waals surface area contributed by atoms with E-state index in [2.05, 4.69) is 15.3 Å². The second kappa shape index (κ2) is 9.63. The summed E-state index contributed by atoms with van der Waals surface area (Å²) in [5.41, 5.74) is 1.27. The van der Waals surface area contributed by atoms with Crippen LogP contribution < -0.4 is 5.32 Å². The molecule has 2 N–H and O–H groups in total. The molecule has 1 aliphatic heterocycles. The number of hydrogen-bond acceptors (Lipinski definition) is 7. The van der Waals surface area contributed by atoms with Crippen LogP contribution in [-0.2, 0) is 25.5 Å². The second-order valence-electron chi connectivity index (χ2n) is 6.24. The van der Waals surface area contributed by atoms with Crippen LogP contribution in [0.25, 0.3) is 6.08 Å². The number of methoxy groups -OCH3 is 1. The van der Waals surface area contributed by atoms with E-state index in [9.17, 15) is 18.8 Å². The molecule has 30 heavy (non-hydrogen) atoms. The Labute approximate surface area is 180 Å². The lowest BCUT2D eigenvalue weighted by Gasteiger charge is -2.18. The van der Waals surface area contributed by atoms with Gasteiger partial charge in [-0.25, -0.2) is 14.2 Å². The summed E-state index contributed by atoms with van der Waals surface area (Å²) in [6.45, 7) is -0.345. The molecule has 2 amide bonds. The molecule has 0 saturated carbocycles. The van der Waals surface area contributed by atoms with Crippen LogP contribution in [0.5, 0.6) is 0 Å². The molecular weight excluding hydrogens is 431 g/mol. The van der Waals surface area contributed by atoms with E-state index in [0.29, 0.717) is 16.2 Å². The van der Waals surface area contributed by atoms with Crippen molar-refractivity contribution in [2.45, 2.75) is 12.5 Å². The first-order chi connectivity index (χ1) is 14.4. The predicted molar refractivity (Wildman–Crippen MR) is 113 cm³/mol. The number of ether oxygens (including phenoxy) is 1. The van der Waals surface area contributed by atoms with Crippen LogP contribution in [0.15, 0.2) is 41.7 Å². The van der Waals surface area contributed by atoms with Crippen LogP contribution in [0.1, 0.15) is 11.3 Å². The van der Waals surface area contributed by atoms with Gasteiger partial charge in [0.2, 0.25) is 5.91 Å². The maximum atomic E-state index is 13.0. The highest BCUT2D eigenvalue weighted by Crippen LogP contribution is 2.32. The van der Waals surface area contributed by atoms with Crippen molar-refractivity contribution >= 4 is 52.2 Å². The van der Waals surface area contributed by atoms with E-state index in [1.54, 1.807) is 6.08 Å². The van der Waals surface area contributed by atoms with Crippen LogP contribution in [0.4, 0.5) is 4.39 Å². The highest BCUT2D eigenvalue weighted by Gasteiger charge is 2.34. The molecule has 156 valence electrons. The van der Waals surface area contributed by atoms with Crippen molar-refractivity contribution in [1.82, 2.24) is 20.2 Å². The quantitative estimate of drug-likeness (QED) is 0.377. The molecule has 1 aromatic heterocycles. The largest absolute Gasteiger partial charge is 0.467 e. The van der Waals surface area contributed by atoms with Crippen molar-refractivity contribution in [2.24, 2.45) is 0 Å². The number of amides is 2. The third kappa shape index (κ3) is 5.30. The Morgan fingerprint density at radius 3 is 2.77 bits per heavy atom. The summed E-state index contributed by atoms with van der Waals surface area (Å²) in [6.07, 6.45) is 4.72. The fourth-order valence-corrected chi connectivity index (χ4v) is 3.94. The lowest BCUT2D eigenvalue weighted by Crippen LogP contribution is -2.47. The first kappa shape index (κ1) is 21.7. The summed E-state index contributed by atoms with van der Waals surface area (Å²) in [4.78, 5) is 45.3. The molecule has 0 aliphatic carbocycles. The molecule has 1 fully saturated rings. The summed E-state index contributed by atoms with van der Waals surface area (Å²) in [5.74, 6) is -2.01. The first-order valence-electron chi connectivity index (χ1n) is 8.72. The number of aromatic amines is 1. The third-order valence-electron chi connectivity index (χ3n) is 4.14. The Bertz CT molecular complexity index is 992. The standard InChI is InChI=1S/C19H17FN4O4S2/c1-28-18(27)14(7-13-8-21-10-22-13)23-16(25)9-24-17(26)15(30-19(24)29)6-11-2-4-12(20)5-3-11/h2-6,8,10,14H,7,9H2,1H3,(H,21,22)(H,23,25). The number of aromatic nitrogens is 2. The third-order valence-corrected chi connectivity index (χ3v) is 5.52. The number of nitrogens with zero attached hydrogens (tertiary/aromatic N) is 2. The topological polar surface area (TPSA) is 104 Å². The zero-order valence-corrected chi connectivity index (χ0v) is 17.4. The molecular formula is C19H17FN4O4S2. The number of rotatable bonds is 7. The maximum Gasteiger partial charge on any atom is 0.328 e. The monoisotopic (exact) mass is 448 g/mol. The smallest absolute Gasteiger partial charge is 0.328 e. The SMILES string of the molecule is COC(=O)C(Cc1cnc[nH]1)NC(=O)CN1C(=O)C(=Cc2ccc(F)cc2)SC1=S. The number of halogens is 1. The zero-order chi connectivity index (χ0) is 21.7. The minimum Gasteiger partial charge on any atom is -0.467 e. The number of nitrogens with one attached hydrogen (secondary N) is 2. The molecule has 8 nitrogen and oxygen atoms in total. The van der Waals surface area contributed by atoms with Gasteiger partial charge < -0.3 is 15.0 Å². The Morgan fingerprint density at radius 1 is 1.40 bits per heavy atom. The van der Waals surface area contributed by atoms with Crippen molar-refractivity contribution in [3.8, 4) is 0 Å². The first-order valence-corrected chi connectivity index (χ1v) is 9.95. The molecule has 2 aromatic rings. The lowest BCUT2D eigenvalue weighted by molar-refractivity contribution is -0.145. The Hall–Kier alpha value is -3.05. The van der Waals surface area contributed by atoms with Gasteiger partial charge in [0.1, 0.15) is 22.7 Å². The molecule has 1 atom stereocenters. The van der Waals surface area contributed by atoms with Gasteiger partial charge in [-0.1, -0.05) is 36.1 Å². The molecule has 0 bridgehead atoms. The number of carbonyl (C=O) groups is 3. The number of benzene rings is 1. The van der Waals surface area contributed by atoms with Crippen LogP contribution >= 0.6 is 24.0 Å². The van der Waals surface area contributed by atoms with Gasteiger partial charge in [-0.3, -0.25) is 14.5 Å². The van der Waals surface area contributed by atoms with Gasteiger partial charge in [-0.15, -0.1) is 0 Å². The van der Waals surface area contributed by atoms with Gasteiger partial charge >= 0.3 is 5.97 Å². The normalized spacial score (nSPS) is 16.1. The van der Waals surface area contributed by atoms with Crippen LogP contribution in [-0.4, -0.2) is 56.7 Å². The number of H-pyrrole nitrogens is 1. The van der Waals surface area contributed by atoms with Crippen molar-refractivity contribution in [3.05, 3.63) is 58.8 Å². The molecule has 0 spiro atoms. The van der Waals surface area contributed by atoms with E-state index in [1.165, 1.54) is 43.9 Å². The van der Waals surface area contributed by atoms with E-state index >= 15 is 0 Å². The van der Waals surface area contributed by atoms with Gasteiger partial charge in [0.15, 0.2) is 0 Å². The fraction of sp³-hybridized carbons (Fsp3) is 0.211. The minimum atomic E-state index is -0.948. The van der Waals surface area contributed by atoms with E-state index in [1.807, 2.05) is 0 Å². The molecule has 1 unspecified atom stereocenters. The fourth-order valence-electron chi connectivity index (χ4n) is 2.68. The highest BCUT2D eigenvalue weighted by molar-refractivity contribution is 8.26. The van der Waals surface area contributed by atoms with Crippen molar-refractivity contribution in [3.63, 3.8) is 0 Å². The highest BCUT2D eigenvalue weighted by atomic mass is 32.2. The number of carbonyl (C=O) groups excluding carboxylic acids is 3. The molecule has 1 saturated heterocycles. The maximum absolute atomic E-state index is 13.0. The van der Waals surface area contributed by atoms with Gasteiger partial charge in [0.05, 0.1) is 18.3 Å². The van der Waals surface area contributed by atoms with Crippen molar-refractivity contribution < 1.29 is 23.5 Å². The average molecular weight is 449 g/mol. The Morgan fingerprint density at radius 2 is 2.13 bits per heavy atom. The Kier molecular flexibility index (Phi) is 6.95. The summed E-state index contributed by atoms with van der Waals surface area (Å²) in [7, 11) is 1.22. The van der Waals surface area contributed by atoms with E-state index in [0.717, 1.165) is 16.7 Å². The summed E-state index contributed by atoms with van der Waals surface area (Å²) in [6, 6.07) is 4.69. The molecule has 3 rings (SSSR count). The van der Waals surface area contributed by atoms with E-state index < -0.39 is 23.8 Å². The molecule has 0 radical (unpaired) electrons. The van der Waals surface area contributed by atoms with E-state index in [4.69, 9.17) is 17.0 Å². The number of esters is 1. The Balaban J connectivity index is 1.66. The molecule has 1 aromatic carbocycles. The number of thiocarbonyl (C=S) groups is 1. The lowest BCUT2D eigenvalue weighted by atomic mass is 10.1. The van der Waals surface area contributed by atoms with Crippen molar-refractivity contribution in [2.75, 3.05) is 13.7 Å². The van der Waals surface area contributed by atoms with Gasteiger partial charge in [0.25, 0.3) is 5.91 Å². The van der Waals surface area contributed by atoms with Crippen LogP contribution in [0, 0.1) is 5.82 Å². The van der Waals surface area contributed by atoms with E-state index in [-0.39, 0.29) is 23.1 Å².